The van der Waals surface area contributed by atoms with E-state index in [-0.39, 0.29) is 12.2 Å². The topological polar surface area (TPSA) is 87.8 Å². The smallest absolute Gasteiger partial charge is 0.306 e. The molecule has 0 aliphatic carbocycles. The van der Waals surface area contributed by atoms with Crippen molar-refractivity contribution in [3.8, 4) is 0 Å². The normalized spacial score (nSPS) is 18.1. The number of urea groups is 1. The first kappa shape index (κ1) is 25.8. The molecule has 7 nitrogen and oxygen atoms in total. The van der Waals surface area contributed by atoms with E-state index < -0.39 is 33.8 Å². The molecule has 1 unspecified atom stereocenters. The monoisotopic (exact) mass is 514 g/mol. The van der Waals surface area contributed by atoms with Gasteiger partial charge in [0, 0.05) is 22.2 Å². The number of benzene rings is 2. The third-order valence-electron chi connectivity index (χ3n) is 5.47. The molecule has 0 saturated carbocycles. The number of amides is 2. The van der Waals surface area contributed by atoms with Crippen molar-refractivity contribution in [3.63, 3.8) is 0 Å². The first-order valence-electron chi connectivity index (χ1n) is 10.2. The molecule has 3 rings (SSSR count). The first-order valence-corrected chi connectivity index (χ1v) is 12.0. The lowest BCUT2D eigenvalue weighted by molar-refractivity contribution is -0.388. The molecule has 1 atom stereocenters. The van der Waals surface area contributed by atoms with E-state index in [9.17, 15) is 28.1 Å². The van der Waals surface area contributed by atoms with Gasteiger partial charge in [-0.15, -0.1) is 0 Å². The minimum atomic E-state index is -4.89. The summed E-state index contributed by atoms with van der Waals surface area (Å²) in [5.74, 6) is 0.935. The molecule has 1 N–H and O–H groups in total. The van der Waals surface area contributed by atoms with Crippen LogP contribution in [0.15, 0.2) is 47.6 Å². The van der Waals surface area contributed by atoms with Crippen molar-refractivity contribution < 1.29 is 22.9 Å². The number of nitro benzene ring substituents is 1. The fourth-order valence-electron chi connectivity index (χ4n) is 3.81. The Bertz CT molecular complexity index is 1110. The summed E-state index contributed by atoms with van der Waals surface area (Å²) in [6.45, 7) is 2.24. The summed E-state index contributed by atoms with van der Waals surface area (Å²) >= 11 is 7.71. The van der Waals surface area contributed by atoms with Crippen molar-refractivity contribution in [2.45, 2.75) is 25.9 Å². The lowest BCUT2D eigenvalue weighted by atomic mass is 9.78. The lowest BCUT2D eigenvalue weighted by Gasteiger charge is -2.26. The van der Waals surface area contributed by atoms with Gasteiger partial charge in [0.15, 0.2) is 0 Å². The molecule has 2 amide bonds. The van der Waals surface area contributed by atoms with Crippen LogP contribution in [0.1, 0.15) is 30.9 Å². The van der Waals surface area contributed by atoms with E-state index in [0.717, 1.165) is 30.2 Å². The summed E-state index contributed by atoms with van der Waals surface area (Å²) < 4.78 is 39.2. The van der Waals surface area contributed by atoms with Gasteiger partial charge in [-0.05, 0) is 54.7 Å². The number of alkyl halides is 3. The second-order valence-corrected chi connectivity index (χ2v) is 9.51. The maximum absolute atomic E-state index is 13.1. The maximum Gasteiger partial charge on any atom is 0.423 e. The third-order valence-corrected chi connectivity index (χ3v) is 6.42. The van der Waals surface area contributed by atoms with Gasteiger partial charge in [-0.25, -0.2) is 9.80 Å². The van der Waals surface area contributed by atoms with Crippen molar-refractivity contribution in [1.29, 1.82) is 0 Å². The Morgan fingerprint density at radius 2 is 1.97 bits per heavy atom. The average molecular weight is 515 g/mol. The molecule has 0 fully saturated rings. The Labute approximate surface area is 203 Å². The largest absolute Gasteiger partial charge is 0.423 e. The minimum absolute atomic E-state index is 0.135. The number of halogens is 4. The highest BCUT2D eigenvalue weighted by Gasteiger charge is 2.41. The zero-order valence-electron chi connectivity index (χ0n) is 18.4. The summed E-state index contributed by atoms with van der Waals surface area (Å²) in [5, 5.41) is 19.8. The number of anilines is 1. The fraction of sp³-hybridized carbons (Fsp3) is 0.364. The Hall–Kier alpha value is -2.79. The van der Waals surface area contributed by atoms with Gasteiger partial charge in [0.25, 0.3) is 5.69 Å². The molecule has 12 heteroatoms. The highest BCUT2D eigenvalue weighted by molar-refractivity contribution is 7.98. The highest BCUT2D eigenvalue weighted by atomic mass is 35.5. The number of nitro groups is 1. The fourth-order valence-corrected chi connectivity index (χ4v) is 4.36. The van der Waals surface area contributed by atoms with Crippen molar-refractivity contribution in [2.75, 3.05) is 23.9 Å². The van der Waals surface area contributed by atoms with E-state index in [0.29, 0.717) is 22.9 Å². The van der Waals surface area contributed by atoms with E-state index in [2.05, 4.69) is 10.4 Å². The van der Waals surface area contributed by atoms with Gasteiger partial charge in [-0.3, -0.25) is 10.1 Å². The zero-order chi connectivity index (χ0) is 25.1. The minimum Gasteiger partial charge on any atom is -0.306 e. The molecule has 0 bridgehead atoms. The second kappa shape index (κ2) is 10.2. The second-order valence-electron chi connectivity index (χ2n) is 8.09. The summed E-state index contributed by atoms with van der Waals surface area (Å²) in [5.41, 5.74) is -1.63. The van der Waals surface area contributed by atoms with E-state index in [4.69, 9.17) is 11.6 Å². The average Bonchev–Trinajstić information content (AvgIpc) is 3.11. The molecule has 1 aliphatic rings. The van der Waals surface area contributed by atoms with Crippen LogP contribution in [0.2, 0.25) is 5.02 Å². The molecule has 2 aromatic rings. The molecule has 0 spiro atoms. The first-order chi connectivity index (χ1) is 15.9. The van der Waals surface area contributed by atoms with E-state index >= 15 is 0 Å². The van der Waals surface area contributed by atoms with E-state index in [1.165, 1.54) is 5.01 Å². The Morgan fingerprint density at radius 3 is 2.56 bits per heavy atom. The van der Waals surface area contributed by atoms with Crippen LogP contribution in [0.5, 0.6) is 0 Å². The molecule has 182 valence electrons. The Morgan fingerprint density at radius 1 is 1.29 bits per heavy atom. The molecule has 34 heavy (non-hydrogen) atoms. The predicted molar refractivity (Wildman–Crippen MR) is 128 cm³/mol. The van der Waals surface area contributed by atoms with Crippen molar-refractivity contribution in [3.05, 3.63) is 68.7 Å². The number of nitrogens with one attached hydrogen (secondary N) is 1. The van der Waals surface area contributed by atoms with Crippen LogP contribution in [0.3, 0.4) is 0 Å². The lowest BCUT2D eigenvalue weighted by Crippen LogP contribution is -2.35. The van der Waals surface area contributed by atoms with Crippen LogP contribution in [0.25, 0.3) is 0 Å². The molecule has 0 aromatic heterocycles. The number of hydrogen-bond donors (Lipinski definition) is 1. The maximum atomic E-state index is 13.1. The Kier molecular flexibility index (Phi) is 7.77. The Balaban J connectivity index is 1.87. The number of nitrogens with zero attached hydrogens (tertiary/aromatic N) is 3. The van der Waals surface area contributed by atoms with Crippen LogP contribution < -0.4 is 5.32 Å². The van der Waals surface area contributed by atoms with Gasteiger partial charge in [0.2, 0.25) is 0 Å². The standard InChI is InChI=1S/C22H22ClF3N4O3S/c1-21(10-3-11-34-2)13-29(28-19(21)14-4-6-15(23)7-5-14)20(31)27-16-8-9-17(22(24,25)26)18(12-16)30(32)33/h4-9,12H,3,10-11,13H2,1-2H3,(H,27,31). The van der Waals surface area contributed by atoms with Crippen LogP contribution >= 0.6 is 23.4 Å². The van der Waals surface area contributed by atoms with Crippen molar-refractivity contribution in [2.24, 2.45) is 10.5 Å². The molecule has 1 aliphatic heterocycles. The van der Waals surface area contributed by atoms with Crippen LogP contribution in [-0.2, 0) is 6.18 Å². The summed E-state index contributed by atoms with van der Waals surface area (Å²) in [6.07, 6.45) is -1.24. The molecule has 1 heterocycles. The van der Waals surface area contributed by atoms with Gasteiger partial charge in [0.05, 0.1) is 17.2 Å². The third kappa shape index (κ3) is 5.82. The molecular weight excluding hydrogens is 493 g/mol. The number of rotatable bonds is 7. The number of thioether (sulfide) groups is 1. The van der Waals surface area contributed by atoms with E-state index in [1.54, 1.807) is 23.9 Å². The van der Waals surface area contributed by atoms with Crippen LogP contribution in [0.4, 0.5) is 29.3 Å². The number of carbonyl (C=O) groups is 1. The summed E-state index contributed by atoms with van der Waals surface area (Å²) in [6, 6.07) is 8.63. The molecule has 0 radical (unpaired) electrons. The van der Waals surface area contributed by atoms with Gasteiger partial charge in [-0.2, -0.15) is 30.0 Å². The van der Waals surface area contributed by atoms with Crippen molar-refractivity contribution in [1.82, 2.24) is 5.01 Å². The quantitative estimate of drug-likeness (QED) is 0.254. The van der Waals surface area contributed by atoms with Crippen LogP contribution in [0, 0.1) is 15.5 Å². The summed E-state index contributed by atoms with van der Waals surface area (Å²) in [7, 11) is 0. The predicted octanol–water partition coefficient (Wildman–Crippen LogP) is 6.67. The van der Waals surface area contributed by atoms with E-state index in [1.807, 2.05) is 25.3 Å². The molecule has 0 saturated heterocycles. The number of hydrogen-bond acceptors (Lipinski definition) is 5. The highest BCUT2D eigenvalue weighted by Crippen LogP contribution is 2.38. The van der Waals surface area contributed by atoms with Crippen LogP contribution in [-0.4, -0.2) is 40.2 Å². The number of hydrazone groups is 1. The van der Waals surface area contributed by atoms with Gasteiger partial charge < -0.3 is 5.32 Å². The number of carbonyl (C=O) groups excluding carboxylic acids is 1. The SMILES string of the molecule is CSCCCC1(C)CN(C(=O)Nc2ccc(C(F)(F)F)c([N+](=O)[O-])c2)N=C1c1ccc(Cl)cc1. The van der Waals surface area contributed by atoms with Gasteiger partial charge in [0.1, 0.15) is 5.56 Å². The summed E-state index contributed by atoms with van der Waals surface area (Å²) in [4.78, 5) is 22.9. The van der Waals surface area contributed by atoms with Gasteiger partial charge in [-0.1, -0.05) is 30.7 Å². The van der Waals surface area contributed by atoms with Gasteiger partial charge >= 0.3 is 12.2 Å². The van der Waals surface area contributed by atoms with Crippen molar-refractivity contribution >= 4 is 46.5 Å². The molecule has 2 aromatic carbocycles. The molecular formula is C22H22ClF3N4O3S. The zero-order valence-corrected chi connectivity index (χ0v) is 19.9.